The number of hydrogen-bond donors (Lipinski definition) is 17. The van der Waals surface area contributed by atoms with Crippen molar-refractivity contribution in [1.82, 2.24) is 0 Å². The van der Waals surface area contributed by atoms with Gasteiger partial charge in [0.1, 0.15) is 128 Å². The molecule has 11 rings (SSSR count). The van der Waals surface area contributed by atoms with E-state index >= 15 is 4.79 Å². The average molecular weight is 1350 g/mol. The summed E-state index contributed by atoms with van der Waals surface area (Å²) in [4.78, 5) is 15.2. The third-order valence-electron chi connectivity index (χ3n) is 24.8. The molecule has 0 aromatic heterocycles. The van der Waals surface area contributed by atoms with Gasteiger partial charge in [0.2, 0.25) is 6.29 Å². The van der Waals surface area contributed by atoms with Crippen molar-refractivity contribution in [2.75, 3.05) is 33.0 Å². The van der Waals surface area contributed by atoms with Gasteiger partial charge in [0.15, 0.2) is 31.5 Å². The van der Waals surface area contributed by atoms with Crippen LogP contribution in [0, 0.1) is 50.2 Å². The number of esters is 1. The molecule has 0 aromatic carbocycles. The molecular weight excluding hydrogens is 1250 g/mol. The van der Waals surface area contributed by atoms with Gasteiger partial charge in [0.25, 0.3) is 0 Å². The van der Waals surface area contributed by atoms with Crippen molar-refractivity contribution in [2.45, 2.75) is 298 Å². The van der Waals surface area contributed by atoms with Crippen molar-refractivity contribution >= 4 is 5.97 Å². The maximum Gasteiger partial charge on any atom is 0.315 e. The Hall–Kier alpha value is -1.91. The smallest absolute Gasteiger partial charge is 0.315 e. The molecule has 0 aromatic rings. The van der Waals surface area contributed by atoms with Gasteiger partial charge in [0.05, 0.1) is 50.7 Å². The van der Waals surface area contributed by atoms with E-state index in [0.717, 1.165) is 25.7 Å². The molecule has 0 amide bonds. The summed E-state index contributed by atoms with van der Waals surface area (Å²) in [7, 11) is 0. The number of carbonyl (C=O) groups excluding carboxylic acids is 1. The summed E-state index contributed by atoms with van der Waals surface area (Å²) in [5.41, 5.74) is -1.40. The van der Waals surface area contributed by atoms with Gasteiger partial charge in [-0.15, -0.1) is 0 Å². The zero-order chi connectivity index (χ0) is 68.4. The van der Waals surface area contributed by atoms with Crippen molar-refractivity contribution in [3.8, 4) is 0 Å². The van der Waals surface area contributed by atoms with Gasteiger partial charge < -0.3 is 144 Å². The van der Waals surface area contributed by atoms with E-state index in [1.54, 1.807) is 0 Å². The Morgan fingerprint density at radius 2 is 1.09 bits per heavy atom. The molecule has 540 valence electrons. The first-order chi connectivity index (χ1) is 44.1. The van der Waals surface area contributed by atoms with Crippen LogP contribution >= 0.6 is 0 Å². The van der Waals surface area contributed by atoms with Crippen LogP contribution in [0.2, 0.25) is 0 Å². The second-order valence-electron chi connectivity index (χ2n) is 31.0. The summed E-state index contributed by atoms with van der Waals surface area (Å²) >= 11 is 0. The second kappa shape index (κ2) is 27.5. The standard InChI is InChI=1S/C64H104O30/c1-25-36(68)51(93-54-45(77)40(72)32(24-85-54)89-52-44(76)37(69)28(67)22-83-52)49(81)57(86-25)92-50-30(21-66)88-55(48(80)43(50)75)91-35-12-13-61(6)33(60(35,4)5)11-14-63(8)34(61)10-9-26-27-19-59(2,3)15-17-64(27,18-16-62(26,63)7)58(82)94-56-47(79)42(74)39(71)31(90-56)23-84-53-46(78)41(73)38(70)29(20-65)87-53/h9,25,27-57,65-81H,10-24H2,1-8H3/t25-,27?,28+,29+,30+,31+,32+,33?,34?,35-,36-,37-,38+,39+,40-,41-,42-,43+,44+,45+,46+,47+,48+,49+,50+,51+,52-,53+,54-,55-,56-,57-,61-,62+,63+,64-/m0/s1. The third-order valence-corrected chi connectivity index (χ3v) is 24.8. The zero-order valence-electron chi connectivity index (χ0n) is 54.6. The van der Waals surface area contributed by atoms with Gasteiger partial charge in [-0.05, 0) is 116 Å². The molecule has 17 N–H and O–H groups in total. The molecule has 0 spiro atoms. The minimum absolute atomic E-state index is 0.0888. The number of fused-ring (bicyclic) bond motifs is 7. The van der Waals surface area contributed by atoms with Gasteiger partial charge in [-0.2, -0.15) is 0 Å². The summed E-state index contributed by atoms with van der Waals surface area (Å²) in [5.74, 6) is -0.594. The first-order valence-corrected chi connectivity index (χ1v) is 33.5. The maximum atomic E-state index is 15.2. The minimum Gasteiger partial charge on any atom is -0.432 e. The summed E-state index contributed by atoms with van der Waals surface area (Å²) in [6.45, 7) is 14.4. The normalized spacial score (nSPS) is 54.2. The molecule has 11 aliphatic rings. The minimum atomic E-state index is -1.88. The fourth-order valence-electron chi connectivity index (χ4n) is 18.8. The summed E-state index contributed by atoms with van der Waals surface area (Å²) in [6.07, 6.45) is -36.8. The second-order valence-corrected chi connectivity index (χ2v) is 31.0. The predicted molar refractivity (Wildman–Crippen MR) is 315 cm³/mol. The molecular formula is C64H104O30. The highest BCUT2D eigenvalue weighted by molar-refractivity contribution is 5.79. The predicted octanol–water partition coefficient (Wildman–Crippen LogP) is -4.08. The maximum absolute atomic E-state index is 15.2. The molecule has 30 heteroatoms. The van der Waals surface area contributed by atoms with Gasteiger partial charge in [-0.3, -0.25) is 4.79 Å². The molecule has 94 heavy (non-hydrogen) atoms. The lowest BCUT2D eigenvalue weighted by Gasteiger charge is -2.71. The lowest BCUT2D eigenvalue weighted by atomic mass is 9.33. The van der Waals surface area contributed by atoms with Crippen LogP contribution in [0.3, 0.4) is 0 Å². The van der Waals surface area contributed by atoms with E-state index in [-0.39, 0.29) is 46.0 Å². The van der Waals surface area contributed by atoms with Gasteiger partial charge in [0, 0.05) is 0 Å². The molecule has 6 saturated heterocycles. The Kier molecular flexibility index (Phi) is 21.4. The summed E-state index contributed by atoms with van der Waals surface area (Å²) < 4.78 is 70.5. The Morgan fingerprint density at radius 1 is 0.511 bits per heavy atom. The largest absolute Gasteiger partial charge is 0.432 e. The number of rotatable bonds is 15. The quantitative estimate of drug-likeness (QED) is 0.0421. The van der Waals surface area contributed by atoms with Crippen LogP contribution in [0.25, 0.3) is 0 Å². The van der Waals surface area contributed by atoms with E-state index in [9.17, 15) is 86.8 Å². The Balaban J connectivity index is 0.734. The molecule has 0 radical (unpaired) electrons. The third kappa shape index (κ3) is 12.6. The van der Waals surface area contributed by atoms with Crippen molar-refractivity contribution in [1.29, 1.82) is 0 Å². The van der Waals surface area contributed by atoms with E-state index < -0.39 is 221 Å². The van der Waals surface area contributed by atoms with Crippen molar-refractivity contribution < 1.29 is 148 Å². The molecule has 10 fully saturated rings. The number of aliphatic hydroxyl groups is 17. The lowest BCUT2D eigenvalue weighted by Crippen LogP contribution is -2.67. The molecule has 30 nitrogen and oxygen atoms in total. The number of carbonyl (C=O) groups is 1. The first-order valence-electron chi connectivity index (χ1n) is 33.5. The van der Waals surface area contributed by atoms with Crippen LogP contribution in [0.1, 0.15) is 120 Å². The molecule has 6 heterocycles. The highest BCUT2D eigenvalue weighted by Gasteiger charge is 2.70. The number of allylic oxidation sites excluding steroid dienone is 2. The SMILES string of the molecule is C[C@@H]1O[C@@H](O[C@H]2[C@H](O)[C@@H](O)[C@H](O[C@H]3CC[C@@]4(C)C(CC[C@]5(C)C4CC=C4C6CC(C)(C)CC[C@]6(C(=O)O[C@@H]6O[C@H](CO[C@@H]7O[C@H](CO)[C@@H](O)[C@H](O)[C@H]7O)[C@@H](O)[C@H](O)[C@H]6O)CC[C@]45C)C3(C)C)O[C@@H]2CO)[C@H](O)[C@H](O[C@@H]2OC[C@@H](O[C@@H]3OC[C@@H](O)[C@H](O)[C@H]3O)[C@H](O)[C@H]2O)[C@H]1O. The van der Waals surface area contributed by atoms with E-state index in [0.29, 0.717) is 38.5 Å². The average Bonchev–Trinajstić information content (AvgIpc) is 0.676. The molecule has 3 unspecified atom stereocenters. The van der Waals surface area contributed by atoms with Gasteiger partial charge in [-0.25, -0.2) is 0 Å². The van der Waals surface area contributed by atoms with E-state index in [1.807, 2.05) is 0 Å². The number of aliphatic hydroxyl groups excluding tert-OH is 17. The summed E-state index contributed by atoms with van der Waals surface area (Å²) in [6, 6.07) is 0. The Bertz CT molecular complexity index is 2640. The number of hydrogen-bond acceptors (Lipinski definition) is 30. The molecule has 36 atom stereocenters. The van der Waals surface area contributed by atoms with Crippen molar-refractivity contribution in [3.05, 3.63) is 11.6 Å². The topological polar surface area (TPSA) is 472 Å². The molecule has 4 saturated carbocycles. The van der Waals surface area contributed by atoms with Crippen LogP contribution in [0.15, 0.2) is 11.6 Å². The van der Waals surface area contributed by atoms with Crippen LogP contribution in [0.4, 0.5) is 0 Å². The highest BCUT2D eigenvalue weighted by atomic mass is 16.8. The summed E-state index contributed by atoms with van der Waals surface area (Å²) in [5, 5.41) is 184. The van der Waals surface area contributed by atoms with E-state index in [2.05, 4.69) is 54.5 Å². The molecule has 0 bridgehead atoms. The molecule has 5 aliphatic carbocycles. The van der Waals surface area contributed by atoms with E-state index in [4.69, 9.17) is 56.8 Å². The van der Waals surface area contributed by atoms with E-state index in [1.165, 1.54) is 12.5 Å². The lowest BCUT2D eigenvalue weighted by molar-refractivity contribution is -0.381. The zero-order valence-corrected chi connectivity index (χ0v) is 54.6. The highest BCUT2D eigenvalue weighted by Crippen LogP contribution is 2.76. The van der Waals surface area contributed by atoms with Crippen molar-refractivity contribution in [3.63, 3.8) is 0 Å². The fraction of sp³-hybridized carbons (Fsp3) is 0.953. The van der Waals surface area contributed by atoms with Crippen LogP contribution < -0.4 is 0 Å². The van der Waals surface area contributed by atoms with Crippen LogP contribution in [-0.2, 0) is 61.6 Å². The van der Waals surface area contributed by atoms with Gasteiger partial charge >= 0.3 is 5.97 Å². The Morgan fingerprint density at radius 3 is 1.78 bits per heavy atom. The van der Waals surface area contributed by atoms with Crippen LogP contribution in [-0.4, -0.2) is 304 Å². The molecule has 6 aliphatic heterocycles. The first kappa shape index (κ1) is 73.3. The number of ether oxygens (including phenoxy) is 12. The monoisotopic (exact) mass is 1350 g/mol. The van der Waals surface area contributed by atoms with Gasteiger partial charge in [-0.1, -0.05) is 60.1 Å². The Labute approximate surface area is 545 Å². The van der Waals surface area contributed by atoms with Crippen molar-refractivity contribution in [2.24, 2.45) is 50.2 Å². The van der Waals surface area contributed by atoms with Crippen LogP contribution in [0.5, 0.6) is 0 Å². The fourth-order valence-corrected chi connectivity index (χ4v) is 18.8.